The Hall–Kier alpha value is -0.0800. The molecule has 5 fully saturated rings. The third kappa shape index (κ3) is 1.17. The molecule has 6 unspecified atom stereocenters. The zero-order valence-corrected chi connectivity index (χ0v) is 11.5. The number of piperidine rings is 3. The summed E-state index contributed by atoms with van der Waals surface area (Å²) in [5, 5.41) is 0. The molecule has 0 aromatic rings. The molecule has 1 spiro atoms. The summed E-state index contributed by atoms with van der Waals surface area (Å²) in [7, 11) is 0. The van der Waals surface area contributed by atoms with Crippen LogP contribution in [0.1, 0.15) is 51.4 Å². The summed E-state index contributed by atoms with van der Waals surface area (Å²) in [6, 6.07) is 2.00. The normalized spacial score (nSPS) is 58.3. The number of hydrogen-bond acceptors (Lipinski definition) is 2. The maximum Gasteiger partial charge on any atom is 0.0412 e. The smallest absolute Gasteiger partial charge is 0.0412 e. The predicted molar refractivity (Wildman–Crippen MR) is 72.5 cm³/mol. The van der Waals surface area contributed by atoms with Crippen LogP contribution in [0.5, 0.6) is 0 Å². The van der Waals surface area contributed by atoms with Gasteiger partial charge in [0.1, 0.15) is 0 Å². The molecular formula is C16H26N2. The zero-order valence-electron chi connectivity index (χ0n) is 11.5. The van der Waals surface area contributed by atoms with Crippen LogP contribution in [0.3, 0.4) is 0 Å². The first-order valence-electron chi connectivity index (χ1n) is 8.40. The van der Waals surface area contributed by atoms with Gasteiger partial charge in [-0.05, 0) is 63.5 Å². The Kier molecular flexibility index (Phi) is 2.09. The molecule has 4 aliphatic heterocycles. The Balaban J connectivity index is 1.45. The minimum Gasteiger partial charge on any atom is -0.300 e. The highest BCUT2D eigenvalue weighted by Crippen LogP contribution is 2.63. The van der Waals surface area contributed by atoms with Crippen molar-refractivity contribution in [2.75, 3.05) is 19.6 Å². The van der Waals surface area contributed by atoms with Crippen molar-refractivity contribution in [2.45, 2.75) is 69.0 Å². The molecule has 0 radical (unpaired) electrons. The van der Waals surface area contributed by atoms with Gasteiger partial charge in [-0.1, -0.05) is 12.8 Å². The molecule has 2 heteroatoms. The summed E-state index contributed by atoms with van der Waals surface area (Å²) in [5.74, 6) is 2.11. The zero-order chi connectivity index (χ0) is 11.7. The summed E-state index contributed by atoms with van der Waals surface area (Å²) < 4.78 is 0. The first kappa shape index (κ1) is 10.7. The van der Waals surface area contributed by atoms with E-state index in [9.17, 15) is 0 Å². The molecule has 2 nitrogen and oxygen atoms in total. The second-order valence-electron chi connectivity index (χ2n) is 7.65. The van der Waals surface area contributed by atoms with E-state index in [2.05, 4.69) is 9.80 Å². The SMILES string of the molecule is C1CCN2CC3CC(CC34C3CCCCN34)C2C1. The van der Waals surface area contributed by atoms with Gasteiger partial charge >= 0.3 is 0 Å². The van der Waals surface area contributed by atoms with E-state index >= 15 is 0 Å². The minimum absolute atomic E-state index is 0.721. The van der Waals surface area contributed by atoms with Crippen molar-refractivity contribution in [3.63, 3.8) is 0 Å². The molecule has 1 aliphatic carbocycles. The van der Waals surface area contributed by atoms with Crippen LogP contribution in [0, 0.1) is 11.8 Å². The average Bonchev–Trinajstić information content (AvgIpc) is 2.96. The van der Waals surface area contributed by atoms with Crippen molar-refractivity contribution >= 4 is 0 Å². The molecule has 0 aromatic heterocycles. The fourth-order valence-electron chi connectivity index (χ4n) is 6.45. The van der Waals surface area contributed by atoms with Crippen LogP contribution in [0.4, 0.5) is 0 Å². The van der Waals surface area contributed by atoms with Gasteiger partial charge in [0.2, 0.25) is 0 Å². The first-order chi connectivity index (χ1) is 8.89. The predicted octanol–water partition coefficient (Wildman–Crippen LogP) is 2.49. The third-order valence-electron chi connectivity index (χ3n) is 7.09. The van der Waals surface area contributed by atoms with Gasteiger partial charge < -0.3 is 0 Å². The molecule has 5 rings (SSSR count). The Morgan fingerprint density at radius 3 is 2.72 bits per heavy atom. The fraction of sp³-hybridized carbons (Fsp3) is 1.00. The van der Waals surface area contributed by atoms with Gasteiger partial charge in [-0.2, -0.15) is 0 Å². The lowest BCUT2D eigenvalue weighted by Gasteiger charge is -2.43. The maximum absolute atomic E-state index is 2.93. The second kappa shape index (κ2) is 3.52. The van der Waals surface area contributed by atoms with E-state index in [1.54, 1.807) is 12.8 Å². The topological polar surface area (TPSA) is 6.25 Å². The van der Waals surface area contributed by atoms with Crippen LogP contribution in [-0.4, -0.2) is 47.1 Å². The largest absolute Gasteiger partial charge is 0.300 e. The van der Waals surface area contributed by atoms with E-state index in [-0.39, 0.29) is 0 Å². The van der Waals surface area contributed by atoms with Crippen molar-refractivity contribution in [2.24, 2.45) is 11.8 Å². The lowest BCUT2D eigenvalue weighted by molar-refractivity contribution is 0.0566. The Bertz CT molecular complexity index is 351. The van der Waals surface area contributed by atoms with Crippen molar-refractivity contribution in [1.82, 2.24) is 9.80 Å². The highest BCUT2D eigenvalue weighted by Gasteiger charge is 2.71. The highest BCUT2D eigenvalue weighted by molar-refractivity contribution is 5.26. The minimum atomic E-state index is 0.721. The van der Waals surface area contributed by atoms with Crippen molar-refractivity contribution in [3.8, 4) is 0 Å². The summed E-state index contributed by atoms with van der Waals surface area (Å²) in [6.07, 6.45) is 12.1. The summed E-state index contributed by atoms with van der Waals surface area (Å²) in [5.41, 5.74) is 0.721. The molecule has 0 aromatic carbocycles. The number of fused-ring (bicyclic) bond motifs is 8. The van der Waals surface area contributed by atoms with E-state index in [0.29, 0.717) is 0 Å². The van der Waals surface area contributed by atoms with Gasteiger partial charge in [0.25, 0.3) is 0 Å². The van der Waals surface area contributed by atoms with E-state index in [4.69, 9.17) is 0 Å². The summed E-state index contributed by atoms with van der Waals surface area (Å²) >= 11 is 0. The van der Waals surface area contributed by atoms with Gasteiger partial charge in [-0.15, -0.1) is 0 Å². The van der Waals surface area contributed by atoms with Gasteiger partial charge in [-0.3, -0.25) is 9.80 Å². The molecule has 100 valence electrons. The summed E-state index contributed by atoms with van der Waals surface area (Å²) in [6.45, 7) is 4.30. The van der Waals surface area contributed by atoms with Crippen molar-refractivity contribution < 1.29 is 0 Å². The Morgan fingerprint density at radius 1 is 0.944 bits per heavy atom. The molecule has 6 atom stereocenters. The molecule has 2 bridgehead atoms. The monoisotopic (exact) mass is 246 g/mol. The van der Waals surface area contributed by atoms with Crippen LogP contribution in [0.25, 0.3) is 0 Å². The molecule has 1 saturated carbocycles. The molecule has 0 N–H and O–H groups in total. The molecule has 4 heterocycles. The molecule has 5 aliphatic rings. The average molecular weight is 246 g/mol. The van der Waals surface area contributed by atoms with Crippen LogP contribution >= 0.6 is 0 Å². The van der Waals surface area contributed by atoms with Gasteiger partial charge in [0.15, 0.2) is 0 Å². The lowest BCUT2D eigenvalue weighted by atomic mass is 9.84. The first-order valence-corrected chi connectivity index (χ1v) is 8.40. The van der Waals surface area contributed by atoms with Gasteiger partial charge in [-0.25, -0.2) is 0 Å². The molecule has 18 heavy (non-hydrogen) atoms. The quantitative estimate of drug-likeness (QED) is 0.606. The van der Waals surface area contributed by atoms with Crippen LogP contribution in [0.2, 0.25) is 0 Å². The van der Waals surface area contributed by atoms with E-state index in [1.165, 1.54) is 58.2 Å². The van der Waals surface area contributed by atoms with E-state index < -0.39 is 0 Å². The highest BCUT2D eigenvalue weighted by atomic mass is 15.4. The number of hydrogen-bond donors (Lipinski definition) is 0. The van der Waals surface area contributed by atoms with Crippen molar-refractivity contribution in [1.29, 1.82) is 0 Å². The van der Waals surface area contributed by atoms with Gasteiger partial charge in [0, 0.05) is 24.2 Å². The fourth-order valence-corrected chi connectivity index (χ4v) is 6.45. The number of nitrogens with zero attached hydrogens (tertiary/aromatic N) is 2. The van der Waals surface area contributed by atoms with Crippen LogP contribution in [-0.2, 0) is 0 Å². The van der Waals surface area contributed by atoms with E-state index in [0.717, 1.165) is 29.5 Å². The second-order valence-corrected chi connectivity index (χ2v) is 7.65. The van der Waals surface area contributed by atoms with Gasteiger partial charge in [0.05, 0.1) is 0 Å². The van der Waals surface area contributed by atoms with E-state index in [1.807, 2.05) is 0 Å². The Morgan fingerprint density at radius 2 is 1.83 bits per heavy atom. The standard InChI is InChI=1S/C16H26N2/c1-3-7-17-11-13-9-12(14(17)5-1)10-16(13)15-6-2-4-8-18(15)16/h12-15H,1-11H2. The van der Waals surface area contributed by atoms with Crippen LogP contribution < -0.4 is 0 Å². The third-order valence-corrected chi connectivity index (χ3v) is 7.09. The molecule has 4 saturated heterocycles. The number of rotatable bonds is 0. The molecular weight excluding hydrogens is 220 g/mol. The summed E-state index contributed by atoms with van der Waals surface area (Å²) in [4.78, 5) is 5.82. The van der Waals surface area contributed by atoms with Crippen LogP contribution in [0.15, 0.2) is 0 Å². The molecule has 0 amide bonds. The maximum atomic E-state index is 2.93. The van der Waals surface area contributed by atoms with Crippen molar-refractivity contribution in [3.05, 3.63) is 0 Å². The Labute approximate surface area is 111 Å². The lowest BCUT2D eigenvalue weighted by Crippen LogP contribution is -2.48.